The Morgan fingerprint density at radius 2 is 1.90 bits per heavy atom. The van der Waals surface area contributed by atoms with Gasteiger partial charge in [-0.1, -0.05) is 47.2 Å². The lowest BCUT2D eigenvalue weighted by Gasteiger charge is -2.03. The van der Waals surface area contributed by atoms with Crippen LogP contribution >= 0.6 is 11.8 Å². The number of hydrogen-bond acceptors (Lipinski definition) is 5. The largest absolute Gasteiger partial charge is 0.508 e. The molecule has 0 radical (unpaired) electrons. The van der Waals surface area contributed by atoms with Crippen LogP contribution in [0, 0.1) is 0 Å². The van der Waals surface area contributed by atoms with E-state index in [4.69, 9.17) is 9.94 Å². The van der Waals surface area contributed by atoms with E-state index in [0.29, 0.717) is 0 Å². The zero-order valence-electron chi connectivity index (χ0n) is 11.0. The van der Waals surface area contributed by atoms with Gasteiger partial charge in [0.25, 0.3) is 0 Å². The highest BCUT2D eigenvalue weighted by Gasteiger charge is 2.14. The Balaban J connectivity index is 2.00. The van der Waals surface area contributed by atoms with Crippen molar-refractivity contribution in [1.82, 2.24) is 0 Å². The molecule has 0 heterocycles. The molecule has 0 aromatic heterocycles. The first-order valence-electron chi connectivity index (χ1n) is 6.07. The van der Waals surface area contributed by atoms with Crippen molar-refractivity contribution in [3.8, 4) is 5.75 Å². The van der Waals surface area contributed by atoms with Crippen LogP contribution in [0.4, 0.5) is 0 Å². The lowest BCUT2D eigenvalue weighted by atomic mass is 10.1. The molecule has 0 fully saturated rings. The van der Waals surface area contributed by atoms with Crippen LogP contribution in [0.2, 0.25) is 0 Å². The number of rotatable bonds is 6. The summed E-state index contributed by atoms with van der Waals surface area (Å²) in [6, 6.07) is 15.4. The number of hydrogen-bond donors (Lipinski definition) is 2. The highest BCUT2D eigenvalue weighted by molar-refractivity contribution is 7.99. The van der Waals surface area contributed by atoms with Crippen molar-refractivity contribution in [2.75, 3.05) is 5.94 Å². The molecule has 0 aliphatic carbocycles. The lowest BCUT2D eigenvalue weighted by molar-refractivity contribution is -0.129. The molecule has 0 atom stereocenters. The molecule has 2 N–H and O–H groups in total. The average Bonchev–Trinajstić information content (AvgIpc) is 2.48. The number of carboxylic acid groups (broad SMARTS) is 1. The molecule has 0 saturated carbocycles. The van der Waals surface area contributed by atoms with Crippen molar-refractivity contribution < 1.29 is 19.8 Å². The minimum Gasteiger partial charge on any atom is -0.508 e. The maximum atomic E-state index is 11.2. The fourth-order valence-electron chi connectivity index (χ4n) is 1.57. The van der Waals surface area contributed by atoms with E-state index in [1.807, 2.05) is 30.3 Å². The molecular weight excluding hydrogens is 290 g/mol. The second-order valence-corrected chi connectivity index (χ2v) is 5.00. The molecule has 0 spiro atoms. The molecule has 0 unspecified atom stereocenters. The Kier molecular flexibility index (Phi) is 5.22. The first-order chi connectivity index (χ1) is 10.2. The molecule has 0 aliphatic heterocycles. The van der Waals surface area contributed by atoms with Crippen LogP contribution in [0.3, 0.4) is 0 Å². The van der Waals surface area contributed by atoms with Gasteiger partial charge in [-0.3, -0.25) is 0 Å². The van der Waals surface area contributed by atoms with Crippen LogP contribution in [-0.2, 0) is 9.63 Å². The third kappa shape index (κ3) is 4.54. The van der Waals surface area contributed by atoms with Gasteiger partial charge in [-0.05, 0) is 24.3 Å². The van der Waals surface area contributed by atoms with Crippen LogP contribution in [0.5, 0.6) is 5.75 Å². The van der Waals surface area contributed by atoms with Crippen LogP contribution < -0.4 is 0 Å². The standard InChI is InChI=1S/C15H13NO4S/c17-12-6-4-5-11(9-12)14(15(18)19)16-20-10-21-13-7-2-1-3-8-13/h1-9,17H,10H2,(H,18,19)/b16-14-. The van der Waals surface area contributed by atoms with Crippen molar-refractivity contribution in [2.45, 2.75) is 4.90 Å². The Hall–Kier alpha value is -2.47. The Morgan fingerprint density at radius 3 is 2.57 bits per heavy atom. The summed E-state index contributed by atoms with van der Waals surface area (Å²) in [6.45, 7) is 0. The van der Waals surface area contributed by atoms with Gasteiger partial charge in [0.15, 0.2) is 11.7 Å². The zero-order chi connectivity index (χ0) is 15.1. The van der Waals surface area contributed by atoms with Crippen LogP contribution in [-0.4, -0.2) is 27.8 Å². The minimum atomic E-state index is -1.22. The quantitative estimate of drug-likeness (QED) is 0.282. The second-order valence-electron chi connectivity index (χ2n) is 4.00. The fourth-order valence-corrected chi connectivity index (χ4v) is 2.16. The van der Waals surface area contributed by atoms with Gasteiger partial charge in [0, 0.05) is 10.5 Å². The number of carboxylic acids is 1. The van der Waals surface area contributed by atoms with Crippen molar-refractivity contribution in [3.05, 3.63) is 60.2 Å². The number of aromatic hydroxyl groups is 1. The SMILES string of the molecule is O=C(O)/C(=N\OCSc1ccccc1)c1cccc(O)c1. The van der Waals surface area contributed by atoms with E-state index in [1.165, 1.54) is 23.9 Å². The summed E-state index contributed by atoms with van der Waals surface area (Å²) in [7, 11) is 0. The van der Waals surface area contributed by atoms with E-state index in [9.17, 15) is 9.90 Å². The fraction of sp³-hybridized carbons (Fsp3) is 0.0667. The van der Waals surface area contributed by atoms with Crippen LogP contribution in [0.25, 0.3) is 0 Å². The first-order valence-corrected chi connectivity index (χ1v) is 7.06. The summed E-state index contributed by atoms with van der Waals surface area (Å²) in [5, 5.41) is 22.1. The Labute approximate surface area is 125 Å². The average molecular weight is 303 g/mol. The predicted octanol–water partition coefficient (Wildman–Crippen LogP) is 2.95. The molecule has 6 heteroatoms. The van der Waals surface area contributed by atoms with Gasteiger partial charge in [0.05, 0.1) is 0 Å². The summed E-state index contributed by atoms with van der Waals surface area (Å²) < 4.78 is 0. The molecule has 5 nitrogen and oxygen atoms in total. The number of carbonyl (C=O) groups is 1. The van der Waals surface area contributed by atoms with Gasteiger partial charge in [-0.25, -0.2) is 4.79 Å². The number of thioether (sulfide) groups is 1. The van der Waals surface area contributed by atoms with Gasteiger partial charge in [0.1, 0.15) is 5.75 Å². The third-order valence-corrected chi connectivity index (χ3v) is 3.33. The molecule has 21 heavy (non-hydrogen) atoms. The number of phenols is 1. The highest BCUT2D eigenvalue weighted by atomic mass is 32.2. The van der Waals surface area contributed by atoms with E-state index in [2.05, 4.69) is 5.16 Å². The predicted molar refractivity (Wildman–Crippen MR) is 80.5 cm³/mol. The maximum Gasteiger partial charge on any atom is 0.358 e. The summed E-state index contributed by atoms with van der Waals surface area (Å²) in [4.78, 5) is 17.2. The van der Waals surface area contributed by atoms with Crippen molar-refractivity contribution in [1.29, 1.82) is 0 Å². The van der Waals surface area contributed by atoms with Gasteiger partial charge in [-0.2, -0.15) is 0 Å². The molecule has 2 rings (SSSR count). The van der Waals surface area contributed by atoms with E-state index in [-0.39, 0.29) is 23.0 Å². The third-order valence-electron chi connectivity index (χ3n) is 2.50. The number of phenolic OH excluding ortho intramolecular Hbond substituents is 1. The van der Waals surface area contributed by atoms with Crippen molar-refractivity contribution >= 4 is 23.4 Å². The second kappa shape index (κ2) is 7.35. The molecule has 0 saturated heterocycles. The van der Waals surface area contributed by atoms with Crippen molar-refractivity contribution in [3.63, 3.8) is 0 Å². The Morgan fingerprint density at radius 1 is 1.14 bits per heavy atom. The molecule has 2 aromatic carbocycles. The molecule has 108 valence electrons. The molecular formula is C15H13NO4S. The van der Waals surface area contributed by atoms with Gasteiger partial charge in [0.2, 0.25) is 0 Å². The highest BCUT2D eigenvalue weighted by Crippen LogP contribution is 2.17. The molecule has 0 bridgehead atoms. The number of nitrogens with zero attached hydrogens (tertiary/aromatic N) is 1. The molecule has 0 aliphatic rings. The number of oxime groups is 1. The summed E-state index contributed by atoms with van der Waals surface area (Å²) >= 11 is 1.40. The van der Waals surface area contributed by atoms with Gasteiger partial charge in [-0.15, -0.1) is 0 Å². The number of benzene rings is 2. The normalized spacial score (nSPS) is 11.1. The van der Waals surface area contributed by atoms with Crippen LogP contribution in [0.1, 0.15) is 5.56 Å². The van der Waals surface area contributed by atoms with Gasteiger partial charge < -0.3 is 15.1 Å². The van der Waals surface area contributed by atoms with Gasteiger partial charge >= 0.3 is 5.97 Å². The Bertz CT molecular complexity index is 643. The molecule has 0 amide bonds. The smallest absolute Gasteiger partial charge is 0.358 e. The topological polar surface area (TPSA) is 79.1 Å². The van der Waals surface area contributed by atoms with E-state index >= 15 is 0 Å². The minimum absolute atomic E-state index is 0.0277. The lowest BCUT2D eigenvalue weighted by Crippen LogP contribution is -2.15. The monoisotopic (exact) mass is 303 g/mol. The summed E-state index contributed by atoms with van der Waals surface area (Å²) in [5.74, 6) is -1.05. The summed E-state index contributed by atoms with van der Waals surface area (Å²) in [5.41, 5.74) is 0.0340. The number of aliphatic carboxylic acids is 1. The van der Waals surface area contributed by atoms with E-state index < -0.39 is 5.97 Å². The summed E-state index contributed by atoms with van der Waals surface area (Å²) in [6.07, 6.45) is 0. The van der Waals surface area contributed by atoms with E-state index in [1.54, 1.807) is 12.1 Å². The first kappa shape index (κ1) is 14.9. The molecule has 2 aromatic rings. The van der Waals surface area contributed by atoms with E-state index in [0.717, 1.165) is 4.90 Å². The maximum absolute atomic E-state index is 11.2. The van der Waals surface area contributed by atoms with Crippen molar-refractivity contribution in [2.24, 2.45) is 5.16 Å². The zero-order valence-corrected chi connectivity index (χ0v) is 11.8. The van der Waals surface area contributed by atoms with Crippen LogP contribution in [0.15, 0.2) is 64.6 Å².